The second kappa shape index (κ2) is 12.7. The minimum absolute atomic E-state index is 0.0873. The minimum Gasteiger partial charge on any atom is -0.478 e. The number of hydrogen-bond acceptors (Lipinski definition) is 6. The molecule has 2 aliphatic heterocycles. The number of aliphatic carboxylic acids is 1. The molecule has 1 N–H and O–H groups in total. The Balaban J connectivity index is 1.23. The number of carboxylic acids is 1. The zero-order valence-electron chi connectivity index (χ0n) is 22.3. The van der Waals surface area contributed by atoms with Crippen molar-refractivity contribution in [2.45, 2.75) is 44.3 Å². The van der Waals surface area contributed by atoms with Crippen LogP contribution in [0, 0.1) is 5.82 Å². The summed E-state index contributed by atoms with van der Waals surface area (Å²) in [5.41, 5.74) is 1.70. The van der Waals surface area contributed by atoms with E-state index < -0.39 is 30.9 Å². The van der Waals surface area contributed by atoms with Gasteiger partial charge < -0.3 is 23.9 Å². The Labute approximate surface area is 244 Å². The summed E-state index contributed by atoms with van der Waals surface area (Å²) in [6, 6.07) is 10.00. The van der Waals surface area contributed by atoms with E-state index >= 15 is 0 Å². The maximum atomic E-state index is 14.5. The highest BCUT2D eigenvalue weighted by molar-refractivity contribution is 6.30. The molecular formula is C29H28ClF4N3O5. The number of halogens is 5. The zero-order valence-corrected chi connectivity index (χ0v) is 23.1. The van der Waals surface area contributed by atoms with Crippen molar-refractivity contribution >= 4 is 23.6 Å². The van der Waals surface area contributed by atoms with Crippen molar-refractivity contribution < 1.29 is 41.7 Å². The van der Waals surface area contributed by atoms with E-state index in [9.17, 15) is 22.4 Å². The minimum atomic E-state index is -4.43. The third-order valence-corrected chi connectivity index (χ3v) is 7.40. The number of rotatable bonds is 10. The number of imidazole rings is 1. The SMILES string of the molecule is O=C(O)/C=C/c1cnc(CN2CCC(c3cccc4c3O[C@@H](c3ccc(Cl)cc3F)O4)CC2)n1CCOCC(F)(F)F. The highest BCUT2D eigenvalue weighted by atomic mass is 35.5. The number of likely N-dealkylation sites (tertiary alicyclic amines) is 1. The van der Waals surface area contributed by atoms with Gasteiger partial charge in [-0.3, -0.25) is 4.90 Å². The monoisotopic (exact) mass is 609 g/mol. The molecule has 2 aliphatic rings. The Morgan fingerprint density at radius 1 is 1.17 bits per heavy atom. The first-order valence-corrected chi connectivity index (χ1v) is 13.7. The van der Waals surface area contributed by atoms with Gasteiger partial charge in [0, 0.05) is 23.2 Å². The number of carboxylic acid groups (broad SMARTS) is 1. The van der Waals surface area contributed by atoms with Crippen LogP contribution in [0.25, 0.3) is 6.08 Å². The van der Waals surface area contributed by atoms with Gasteiger partial charge in [0.25, 0.3) is 6.29 Å². The molecule has 0 saturated carbocycles. The molecule has 8 nitrogen and oxygen atoms in total. The van der Waals surface area contributed by atoms with Gasteiger partial charge in [-0.2, -0.15) is 13.2 Å². The first-order valence-electron chi connectivity index (χ1n) is 13.3. The molecule has 1 atom stereocenters. The number of carbonyl (C=O) groups is 1. The van der Waals surface area contributed by atoms with E-state index in [-0.39, 0.29) is 29.7 Å². The van der Waals surface area contributed by atoms with Crippen molar-refractivity contribution in [2.24, 2.45) is 0 Å². The molecule has 224 valence electrons. The van der Waals surface area contributed by atoms with E-state index in [1.165, 1.54) is 18.3 Å². The summed E-state index contributed by atoms with van der Waals surface area (Å²) in [5, 5.41) is 9.28. The van der Waals surface area contributed by atoms with Crippen molar-refractivity contribution in [2.75, 3.05) is 26.3 Å². The second-order valence-electron chi connectivity index (χ2n) is 10.0. The van der Waals surface area contributed by atoms with Gasteiger partial charge in [-0.1, -0.05) is 23.7 Å². The van der Waals surface area contributed by atoms with Crippen molar-refractivity contribution in [3.8, 4) is 11.5 Å². The largest absolute Gasteiger partial charge is 0.478 e. The highest BCUT2D eigenvalue weighted by Crippen LogP contribution is 2.47. The molecule has 1 aromatic heterocycles. The van der Waals surface area contributed by atoms with Crippen LogP contribution < -0.4 is 9.47 Å². The summed E-state index contributed by atoms with van der Waals surface area (Å²) in [5.74, 6) is 0.246. The third-order valence-electron chi connectivity index (χ3n) is 7.17. The molecular weight excluding hydrogens is 582 g/mol. The Hall–Kier alpha value is -3.61. The van der Waals surface area contributed by atoms with Crippen molar-refractivity contribution in [1.29, 1.82) is 0 Å². The smallest absolute Gasteiger partial charge is 0.411 e. The molecule has 0 bridgehead atoms. The highest BCUT2D eigenvalue weighted by Gasteiger charge is 2.33. The summed E-state index contributed by atoms with van der Waals surface area (Å²) >= 11 is 5.88. The van der Waals surface area contributed by atoms with E-state index in [4.69, 9.17) is 30.9 Å². The molecule has 1 saturated heterocycles. The van der Waals surface area contributed by atoms with Gasteiger partial charge in [-0.05, 0) is 62.2 Å². The number of piperidine rings is 1. The number of aromatic nitrogens is 2. The lowest BCUT2D eigenvalue weighted by molar-refractivity contribution is -0.174. The van der Waals surface area contributed by atoms with Gasteiger partial charge in [-0.15, -0.1) is 0 Å². The predicted molar refractivity (Wildman–Crippen MR) is 145 cm³/mol. The van der Waals surface area contributed by atoms with Crippen LogP contribution in [0.2, 0.25) is 5.02 Å². The van der Waals surface area contributed by atoms with Crippen LogP contribution in [0.15, 0.2) is 48.7 Å². The number of para-hydroxylation sites is 1. The van der Waals surface area contributed by atoms with Gasteiger partial charge in [0.2, 0.25) is 0 Å². The van der Waals surface area contributed by atoms with Crippen molar-refractivity contribution in [3.05, 3.63) is 82.2 Å². The zero-order chi connectivity index (χ0) is 29.9. The lowest BCUT2D eigenvalue weighted by Gasteiger charge is -2.32. The van der Waals surface area contributed by atoms with E-state index in [0.29, 0.717) is 42.7 Å². The molecule has 0 radical (unpaired) electrons. The van der Waals surface area contributed by atoms with Crippen LogP contribution in [-0.2, 0) is 22.6 Å². The van der Waals surface area contributed by atoms with Gasteiger partial charge in [0.1, 0.15) is 18.2 Å². The predicted octanol–water partition coefficient (Wildman–Crippen LogP) is 6.20. The first-order chi connectivity index (χ1) is 20.1. The van der Waals surface area contributed by atoms with Gasteiger partial charge in [0.05, 0.1) is 30.6 Å². The summed E-state index contributed by atoms with van der Waals surface area (Å²) in [7, 11) is 0. The lowest BCUT2D eigenvalue weighted by atomic mass is 9.88. The fourth-order valence-electron chi connectivity index (χ4n) is 5.19. The third kappa shape index (κ3) is 7.23. The van der Waals surface area contributed by atoms with Crippen LogP contribution in [0.1, 0.15) is 47.7 Å². The molecule has 5 rings (SSSR count). The fraction of sp³-hybridized carbons (Fsp3) is 0.379. The molecule has 0 unspecified atom stereocenters. The molecule has 42 heavy (non-hydrogen) atoms. The Kier molecular flexibility index (Phi) is 9.05. The summed E-state index contributed by atoms with van der Waals surface area (Å²) in [6.45, 7) is 0.366. The van der Waals surface area contributed by atoms with E-state index in [1.54, 1.807) is 22.8 Å². The average molecular weight is 610 g/mol. The quantitative estimate of drug-likeness (QED) is 0.166. The maximum Gasteiger partial charge on any atom is 0.411 e. The average Bonchev–Trinajstić information content (AvgIpc) is 3.53. The lowest BCUT2D eigenvalue weighted by Crippen LogP contribution is -2.33. The Morgan fingerprint density at radius 2 is 1.95 bits per heavy atom. The van der Waals surface area contributed by atoms with E-state index in [2.05, 4.69) is 9.88 Å². The number of ether oxygens (including phenoxy) is 3. The standard InChI is InChI=1S/C29H28ClF4N3O5/c30-19-4-6-22(23(31)14-19)28-41-24-3-1-2-21(27(24)42-28)18-8-10-36(11-9-18)16-25-35-15-20(5-7-26(38)39)37(25)12-13-40-17-29(32,33)34/h1-7,14-15,18,28H,8-13,16-17H2,(H,38,39)/b7-5+/t28-/m0/s1. The number of alkyl halides is 3. The van der Waals surface area contributed by atoms with E-state index in [1.807, 2.05) is 12.1 Å². The summed E-state index contributed by atoms with van der Waals surface area (Å²) in [6.07, 6.45) is 0.0436. The fourth-order valence-corrected chi connectivity index (χ4v) is 5.35. The molecule has 1 fully saturated rings. The Bertz CT molecular complexity index is 1450. The van der Waals surface area contributed by atoms with Crippen molar-refractivity contribution in [1.82, 2.24) is 14.5 Å². The van der Waals surface area contributed by atoms with Crippen LogP contribution in [0.4, 0.5) is 17.6 Å². The van der Waals surface area contributed by atoms with Crippen LogP contribution >= 0.6 is 11.6 Å². The van der Waals surface area contributed by atoms with Crippen LogP contribution in [0.5, 0.6) is 11.5 Å². The summed E-state index contributed by atoms with van der Waals surface area (Å²) in [4.78, 5) is 17.6. The second-order valence-corrected chi connectivity index (χ2v) is 10.5. The van der Waals surface area contributed by atoms with Gasteiger partial charge in [-0.25, -0.2) is 14.2 Å². The number of nitrogens with zero attached hydrogens (tertiary/aromatic N) is 3. The molecule has 0 amide bonds. The topological polar surface area (TPSA) is 86.0 Å². The molecule has 0 aliphatic carbocycles. The van der Waals surface area contributed by atoms with Crippen LogP contribution in [0.3, 0.4) is 0 Å². The number of hydrogen-bond donors (Lipinski definition) is 1. The normalized spacial score (nSPS) is 17.8. The number of benzene rings is 2. The molecule has 0 spiro atoms. The first kappa shape index (κ1) is 29.9. The van der Waals surface area contributed by atoms with Gasteiger partial charge in [0.15, 0.2) is 11.5 Å². The van der Waals surface area contributed by atoms with Gasteiger partial charge >= 0.3 is 12.1 Å². The van der Waals surface area contributed by atoms with E-state index in [0.717, 1.165) is 24.5 Å². The molecule has 3 aromatic rings. The van der Waals surface area contributed by atoms with Crippen LogP contribution in [-0.4, -0.2) is 58.0 Å². The molecule has 13 heteroatoms. The summed E-state index contributed by atoms with van der Waals surface area (Å²) < 4.78 is 70.4. The number of fused-ring (bicyclic) bond motifs is 1. The maximum absolute atomic E-state index is 14.5. The Morgan fingerprint density at radius 3 is 2.67 bits per heavy atom. The molecule has 2 aromatic carbocycles. The molecule has 3 heterocycles. The van der Waals surface area contributed by atoms with Crippen molar-refractivity contribution in [3.63, 3.8) is 0 Å².